The van der Waals surface area contributed by atoms with Crippen LogP contribution in [0.1, 0.15) is 75.7 Å². The first-order valence-corrected chi connectivity index (χ1v) is 11.4. The van der Waals surface area contributed by atoms with Crippen molar-refractivity contribution in [2.24, 2.45) is 11.8 Å². The lowest BCUT2D eigenvalue weighted by Gasteiger charge is -2.54. The van der Waals surface area contributed by atoms with Crippen molar-refractivity contribution in [3.63, 3.8) is 0 Å². The average molecular weight is 352 g/mol. The predicted molar refractivity (Wildman–Crippen MR) is 104 cm³/mol. The summed E-state index contributed by atoms with van der Waals surface area (Å²) in [6.45, 7) is 0. The van der Waals surface area contributed by atoms with Gasteiger partial charge in [-0.15, -0.1) is 0 Å². The van der Waals surface area contributed by atoms with E-state index in [-0.39, 0.29) is 0 Å². The molecule has 0 aromatic heterocycles. The van der Waals surface area contributed by atoms with Crippen molar-refractivity contribution >= 4 is 0 Å². The summed E-state index contributed by atoms with van der Waals surface area (Å²) in [6.07, 6.45) is 15.1. The normalized spacial score (nSPS) is 47.7. The number of hydrogen-bond acceptors (Lipinski definition) is 2. The van der Waals surface area contributed by atoms with Gasteiger partial charge < -0.3 is 4.74 Å². The highest BCUT2D eigenvalue weighted by atomic mass is 16.5. The van der Waals surface area contributed by atoms with E-state index < -0.39 is 0 Å². The lowest BCUT2D eigenvalue weighted by molar-refractivity contribution is -0.179. The molecule has 2 heteroatoms. The van der Waals surface area contributed by atoms with Gasteiger partial charge in [-0.25, -0.2) is 0 Å². The van der Waals surface area contributed by atoms with Crippen molar-refractivity contribution in [2.75, 3.05) is 0 Å². The smallest absolute Gasteiger partial charge is 0.0740 e. The van der Waals surface area contributed by atoms with E-state index >= 15 is 0 Å². The van der Waals surface area contributed by atoms with E-state index in [0.717, 1.165) is 23.9 Å². The number of ether oxygens (including phenoxy) is 1. The molecule has 1 aromatic carbocycles. The number of fused-ring (bicyclic) bond motifs is 5. The Morgan fingerprint density at radius 3 is 2.50 bits per heavy atom. The van der Waals surface area contributed by atoms with E-state index in [4.69, 9.17) is 4.74 Å². The number of rotatable bonds is 1. The molecule has 2 aliphatic heterocycles. The second-order valence-corrected chi connectivity index (χ2v) is 9.75. The maximum Gasteiger partial charge on any atom is 0.0740 e. The van der Waals surface area contributed by atoms with E-state index in [1.165, 1.54) is 69.8 Å². The Morgan fingerprint density at radius 2 is 1.58 bits per heavy atom. The molecule has 5 aliphatic rings. The molecule has 2 nitrogen and oxygen atoms in total. The van der Waals surface area contributed by atoms with Crippen LogP contribution in [-0.2, 0) is 4.74 Å². The molecule has 6 rings (SSSR count). The summed E-state index contributed by atoms with van der Waals surface area (Å²) < 4.78 is 6.89. The Morgan fingerprint density at radius 1 is 0.731 bits per heavy atom. The third kappa shape index (κ3) is 2.37. The van der Waals surface area contributed by atoms with Crippen molar-refractivity contribution in [1.82, 2.24) is 4.90 Å². The van der Waals surface area contributed by atoms with Gasteiger partial charge in [0.05, 0.1) is 12.2 Å². The van der Waals surface area contributed by atoms with Crippen LogP contribution in [0.5, 0.6) is 0 Å². The van der Waals surface area contributed by atoms with Gasteiger partial charge in [0.25, 0.3) is 0 Å². The monoisotopic (exact) mass is 351 g/mol. The molecule has 26 heavy (non-hydrogen) atoms. The zero-order valence-electron chi connectivity index (χ0n) is 15.9. The van der Waals surface area contributed by atoms with Gasteiger partial charge in [0.15, 0.2) is 0 Å². The Labute approximate surface area is 158 Å². The van der Waals surface area contributed by atoms with Gasteiger partial charge >= 0.3 is 0 Å². The summed E-state index contributed by atoms with van der Waals surface area (Å²) in [7, 11) is 0. The van der Waals surface area contributed by atoms with Crippen LogP contribution < -0.4 is 0 Å². The molecule has 0 radical (unpaired) electrons. The highest BCUT2D eigenvalue weighted by molar-refractivity contribution is 5.22. The van der Waals surface area contributed by atoms with Crippen LogP contribution in [0.4, 0.5) is 0 Å². The van der Waals surface area contributed by atoms with Gasteiger partial charge in [-0.1, -0.05) is 49.6 Å². The highest BCUT2D eigenvalue weighted by Crippen LogP contribution is 2.55. The summed E-state index contributed by atoms with van der Waals surface area (Å²) in [4.78, 5) is 3.08. The molecule has 8 unspecified atom stereocenters. The van der Waals surface area contributed by atoms with Gasteiger partial charge in [0.2, 0.25) is 0 Å². The van der Waals surface area contributed by atoms with Gasteiger partial charge in [-0.2, -0.15) is 0 Å². The van der Waals surface area contributed by atoms with Crippen LogP contribution >= 0.6 is 0 Å². The molecule has 0 amide bonds. The van der Waals surface area contributed by atoms with Crippen molar-refractivity contribution in [2.45, 2.75) is 100 Å². The van der Waals surface area contributed by atoms with Crippen molar-refractivity contribution < 1.29 is 4.74 Å². The number of nitrogens with zero attached hydrogens (tertiary/aromatic N) is 1. The van der Waals surface area contributed by atoms with Crippen molar-refractivity contribution in [1.29, 1.82) is 0 Å². The fourth-order valence-corrected chi connectivity index (χ4v) is 7.75. The molecular weight excluding hydrogens is 318 g/mol. The Kier molecular flexibility index (Phi) is 3.93. The molecule has 0 spiro atoms. The quantitative estimate of drug-likeness (QED) is 0.695. The van der Waals surface area contributed by atoms with Gasteiger partial charge in [-0.3, -0.25) is 4.90 Å². The first-order valence-electron chi connectivity index (χ1n) is 11.4. The molecule has 2 heterocycles. The van der Waals surface area contributed by atoms with Crippen molar-refractivity contribution in [3.8, 4) is 0 Å². The van der Waals surface area contributed by atoms with E-state index in [1.807, 2.05) is 0 Å². The van der Waals surface area contributed by atoms with Crippen LogP contribution in [0.15, 0.2) is 30.3 Å². The van der Waals surface area contributed by atoms with E-state index in [0.29, 0.717) is 24.2 Å². The van der Waals surface area contributed by atoms with Crippen LogP contribution in [0, 0.1) is 11.8 Å². The minimum Gasteiger partial charge on any atom is -0.372 e. The van der Waals surface area contributed by atoms with Crippen LogP contribution in [0.3, 0.4) is 0 Å². The van der Waals surface area contributed by atoms with Gasteiger partial charge in [0, 0.05) is 18.1 Å². The van der Waals surface area contributed by atoms with E-state index in [2.05, 4.69) is 35.2 Å². The molecule has 0 N–H and O–H groups in total. The number of benzene rings is 1. The summed E-state index contributed by atoms with van der Waals surface area (Å²) >= 11 is 0. The third-order valence-corrected chi connectivity index (χ3v) is 8.66. The third-order valence-electron chi connectivity index (χ3n) is 8.66. The summed E-state index contributed by atoms with van der Waals surface area (Å²) in [5, 5.41) is 0. The van der Waals surface area contributed by atoms with Gasteiger partial charge in [-0.05, 0) is 68.3 Å². The second-order valence-electron chi connectivity index (χ2n) is 9.75. The fraction of sp³-hybridized carbons (Fsp3) is 0.750. The van der Waals surface area contributed by atoms with Gasteiger partial charge in [0.1, 0.15) is 0 Å². The Hall–Kier alpha value is -0.860. The standard InChI is InChI=1S/C24H33NO/c1-2-7-16(8-3-1)17-13-14-21-23(15-17)26-22-12-6-10-19-18-9-4-5-11-20(18)25(21)24(19)22/h1-3,7-8,17-24H,4-6,9-15H2. The Bertz CT molecular complexity index is 645. The molecule has 5 fully saturated rings. The van der Waals surface area contributed by atoms with Crippen LogP contribution in [0.25, 0.3) is 0 Å². The van der Waals surface area contributed by atoms with Crippen molar-refractivity contribution in [3.05, 3.63) is 35.9 Å². The molecule has 3 saturated carbocycles. The van der Waals surface area contributed by atoms with Crippen LogP contribution in [-0.4, -0.2) is 35.2 Å². The maximum absolute atomic E-state index is 6.89. The first-order chi connectivity index (χ1) is 12.9. The predicted octanol–water partition coefficient (Wildman–Crippen LogP) is 5.13. The Balaban J connectivity index is 1.30. The van der Waals surface area contributed by atoms with Crippen LogP contribution in [0.2, 0.25) is 0 Å². The molecule has 1 aromatic rings. The first kappa shape index (κ1) is 16.1. The molecule has 3 aliphatic carbocycles. The zero-order valence-corrected chi connectivity index (χ0v) is 15.9. The minimum atomic E-state index is 0.481. The summed E-state index contributed by atoms with van der Waals surface area (Å²) in [5.41, 5.74) is 1.54. The minimum absolute atomic E-state index is 0.481. The summed E-state index contributed by atoms with van der Waals surface area (Å²) in [6, 6.07) is 13.6. The second kappa shape index (κ2) is 6.34. The largest absolute Gasteiger partial charge is 0.372 e. The van der Waals surface area contributed by atoms with E-state index in [1.54, 1.807) is 0 Å². The summed E-state index contributed by atoms with van der Waals surface area (Å²) in [5.74, 6) is 2.65. The molecule has 2 saturated heterocycles. The lowest BCUT2D eigenvalue weighted by Crippen LogP contribution is -2.63. The zero-order chi connectivity index (χ0) is 17.1. The highest BCUT2D eigenvalue weighted by Gasteiger charge is 2.59. The molecule has 8 atom stereocenters. The maximum atomic E-state index is 6.89. The van der Waals surface area contributed by atoms with E-state index in [9.17, 15) is 0 Å². The topological polar surface area (TPSA) is 12.5 Å². The number of morpholine rings is 1. The molecule has 140 valence electrons. The number of hydrogen-bond donors (Lipinski definition) is 0. The lowest BCUT2D eigenvalue weighted by atomic mass is 9.72. The molecule has 0 bridgehead atoms. The fourth-order valence-electron chi connectivity index (χ4n) is 7.75. The molecular formula is C24H33NO. The average Bonchev–Trinajstić information content (AvgIpc) is 3.05. The SMILES string of the molecule is c1ccc(C2CCC3C(C2)OC2CCCC4C5CCCCC5N3C24)cc1.